The van der Waals surface area contributed by atoms with Crippen molar-refractivity contribution in [1.82, 2.24) is 0 Å². The van der Waals surface area contributed by atoms with Gasteiger partial charge in [-0.3, -0.25) is 0 Å². The molecule has 0 fully saturated rings. The molecule has 0 aromatic carbocycles. The fourth-order valence-corrected chi connectivity index (χ4v) is 3.78. The molecule has 0 saturated carbocycles. The highest BCUT2D eigenvalue weighted by Gasteiger charge is 1.95. The van der Waals surface area contributed by atoms with Crippen LogP contribution in [0.3, 0.4) is 0 Å². The first-order valence-electron chi connectivity index (χ1n) is 12.2. The fraction of sp³-hybridized carbons (Fsp3) is 0.960. The second-order valence-electron chi connectivity index (χ2n) is 8.27. The van der Waals surface area contributed by atoms with E-state index in [0.717, 1.165) is 0 Å². The van der Waals surface area contributed by atoms with E-state index in [4.69, 9.17) is 0 Å². The molecule has 25 heavy (non-hydrogen) atoms. The Morgan fingerprint density at radius 3 is 0.840 bits per heavy atom. The summed E-state index contributed by atoms with van der Waals surface area (Å²) in [6.07, 6.45) is 34.5. The molecule has 0 rings (SSSR count). The minimum Gasteiger partial charge on any atom is -0.0654 e. The molecule has 0 amide bonds. The van der Waals surface area contributed by atoms with Crippen molar-refractivity contribution in [3.63, 3.8) is 0 Å². The lowest BCUT2D eigenvalue weighted by Crippen LogP contribution is -1.84. The SMILES string of the molecule is C[CH]CCCCCCCCCCCCCCCCCCCCCCC. The summed E-state index contributed by atoms with van der Waals surface area (Å²) >= 11 is 0. The first-order chi connectivity index (χ1) is 12.4. The van der Waals surface area contributed by atoms with E-state index in [2.05, 4.69) is 20.3 Å². The van der Waals surface area contributed by atoms with Crippen molar-refractivity contribution in [2.24, 2.45) is 0 Å². The lowest BCUT2D eigenvalue weighted by molar-refractivity contribution is 0.520. The molecule has 0 aliphatic rings. The van der Waals surface area contributed by atoms with Crippen LogP contribution < -0.4 is 0 Å². The third kappa shape index (κ3) is 24.0. The van der Waals surface area contributed by atoms with Gasteiger partial charge in [-0.15, -0.1) is 0 Å². The van der Waals surface area contributed by atoms with Crippen LogP contribution in [0.15, 0.2) is 0 Å². The molecule has 0 unspecified atom stereocenters. The normalized spacial score (nSPS) is 11.3. The molecule has 0 heteroatoms. The maximum Gasteiger partial charge on any atom is -0.0417 e. The van der Waals surface area contributed by atoms with Gasteiger partial charge >= 0.3 is 0 Å². The Kier molecular flexibility index (Phi) is 24.0. The highest BCUT2D eigenvalue weighted by Crippen LogP contribution is 2.15. The van der Waals surface area contributed by atoms with Crippen molar-refractivity contribution in [2.75, 3.05) is 0 Å². The van der Waals surface area contributed by atoms with Gasteiger partial charge in [-0.2, -0.15) is 0 Å². The summed E-state index contributed by atoms with van der Waals surface area (Å²) in [5.41, 5.74) is 0. The second-order valence-corrected chi connectivity index (χ2v) is 8.27. The molecule has 0 atom stereocenters. The van der Waals surface area contributed by atoms with Gasteiger partial charge in [0.1, 0.15) is 0 Å². The summed E-state index contributed by atoms with van der Waals surface area (Å²) in [7, 11) is 0. The van der Waals surface area contributed by atoms with Crippen LogP contribution in [-0.2, 0) is 0 Å². The van der Waals surface area contributed by atoms with E-state index in [1.807, 2.05) is 0 Å². The minimum absolute atomic E-state index is 1.32. The average molecular weight is 352 g/mol. The summed E-state index contributed by atoms with van der Waals surface area (Å²) in [5, 5.41) is 0. The molecule has 0 bridgehead atoms. The molecule has 0 N–H and O–H groups in total. The molecular weight excluding hydrogens is 300 g/mol. The van der Waals surface area contributed by atoms with Crippen molar-refractivity contribution in [2.45, 2.75) is 155 Å². The van der Waals surface area contributed by atoms with Gasteiger partial charge in [-0.05, 0) is 6.42 Å². The molecule has 0 aliphatic carbocycles. The van der Waals surface area contributed by atoms with Crippen molar-refractivity contribution in [3.8, 4) is 0 Å². The van der Waals surface area contributed by atoms with Crippen LogP contribution >= 0.6 is 0 Å². The molecule has 151 valence electrons. The fourth-order valence-electron chi connectivity index (χ4n) is 3.78. The highest BCUT2D eigenvalue weighted by molar-refractivity contribution is 4.56. The topological polar surface area (TPSA) is 0 Å². The zero-order chi connectivity index (χ0) is 18.3. The molecule has 0 spiro atoms. The summed E-state index contributed by atoms with van der Waals surface area (Å²) in [5.74, 6) is 0. The second kappa shape index (κ2) is 24.0. The van der Waals surface area contributed by atoms with Crippen LogP contribution in [-0.4, -0.2) is 0 Å². The Labute approximate surface area is 161 Å². The molecule has 0 aromatic rings. The number of rotatable bonds is 22. The predicted molar refractivity (Wildman–Crippen MR) is 117 cm³/mol. The Bertz CT molecular complexity index is 186. The zero-order valence-corrected chi connectivity index (χ0v) is 18.1. The third-order valence-electron chi connectivity index (χ3n) is 5.60. The van der Waals surface area contributed by atoms with Crippen LogP contribution in [0.4, 0.5) is 0 Å². The van der Waals surface area contributed by atoms with E-state index in [1.54, 1.807) is 0 Å². The van der Waals surface area contributed by atoms with Crippen LogP contribution in [0.5, 0.6) is 0 Å². The molecule has 0 aromatic heterocycles. The van der Waals surface area contributed by atoms with E-state index >= 15 is 0 Å². The summed E-state index contributed by atoms with van der Waals surface area (Å²) in [6.45, 7) is 4.48. The van der Waals surface area contributed by atoms with Crippen molar-refractivity contribution in [3.05, 3.63) is 6.42 Å². The van der Waals surface area contributed by atoms with Gasteiger partial charge < -0.3 is 0 Å². The number of hydrogen-bond donors (Lipinski definition) is 0. The summed E-state index contributed by atoms with van der Waals surface area (Å²) in [4.78, 5) is 0. The zero-order valence-electron chi connectivity index (χ0n) is 18.1. The maximum atomic E-state index is 2.30. The Hall–Kier alpha value is 0. The summed E-state index contributed by atoms with van der Waals surface area (Å²) in [6, 6.07) is 0. The van der Waals surface area contributed by atoms with Crippen molar-refractivity contribution >= 4 is 0 Å². The van der Waals surface area contributed by atoms with Crippen molar-refractivity contribution in [1.29, 1.82) is 0 Å². The van der Waals surface area contributed by atoms with Gasteiger partial charge in [0, 0.05) is 0 Å². The van der Waals surface area contributed by atoms with Gasteiger partial charge in [-0.25, -0.2) is 0 Å². The first-order valence-corrected chi connectivity index (χ1v) is 12.2. The van der Waals surface area contributed by atoms with E-state index in [9.17, 15) is 0 Å². The predicted octanol–water partition coefficient (Wildman–Crippen LogP) is 9.81. The molecule has 0 heterocycles. The molecule has 0 nitrogen and oxygen atoms in total. The van der Waals surface area contributed by atoms with Crippen LogP contribution in [0, 0.1) is 6.42 Å². The van der Waals surface area contributed by atoms with Gasteiger partial charge in [0.05, 0.1) is 0 Å². The largest absolute Gasteiger partial charge is 0.0654 e. The number of hydrogen-bond acceptors (Lipinski definition) is 0. The van der Waals surface area contributed by atoms with Gasteiger partial charge in [0.2, 0.25) is 0 Å². The minimum atomic E-state index is 1.32. The van der Waals surface area contributed by atoms with Crippen molar-refractivity contribution < 1.29 is 0 Å². The Balaban J connectivity index is 2.94. The van der Waals surface area contributed by atoms with Crippen LogP contribution in [0.1, 0.15) is 155 Å². The molecule has 0 saturated heterocycles. The molecular formula is C25H51. The third-order valence-corrected chi connectivity index (χ3v) is 5.60. The quantitative estimate of drug-likeness (QED) is 0.170. The van der Waals surface area contributed by atoms with Gasteiger partial charge in [0.15, 0.2) is 0 Å². The van der Waals surface area contributed by atoms with E-state index < -0.39 is 0 Å². The van der Waals surface area contributed by atoms with Gasteiger partial charge in [-0.1, -0.05) is 155 Å². The summed E-state index contributed by atoms with van der Waals surface area (Å²) < 4.78 is 0. The number of unbranched alkanes of at least 4 members (excludes halogenated alkanes) is 22. The standard InChI is InChI=1S/C25H51/c1-3-5-7-9-11-13-15-17-19-21-23-25-24-22-20-18-16-14-12-10-8-6-4-2/h3H,4-25H2,1-2H3. The maximum absolute atomic E-state index is 2.30. The average Bonchev–Trinajstić information content (AvgIpc) is 2.63. The monoisotopic (exact) mass is 351 g/mol. The highest BCUT2D eigenvalue weighted by atomic mass is 14.0. The smallest absolute Gasteiger partial charge is 0.0417 e. The van der Waals surface area contributed by atoms with E-state index in [0.29, 0.717) is 0 Å². The molecule has 0 aliphatic heterocycles. The molecule has 1 radical (unpaired) electrons. The van der Waals surface area contributed by atoms with Crippen LogP contribution in [0.25, 0.3) is 0 Å². The van der Waals surface area contributed by atoms with E-state index in [-0.39, 0.29) is 0 Å². The lowest BCUT2D eigenvalue weighted by Gasteiger charge is -2.04. The Morgan fingerprint density at radius 2 is 0.600 bits per heavy atom. The Morgan fingerprint density at radius 1 is 0.360 bits per heavy atom. The van der Waals surface area contributed by atoms with Crippen LogP contribution in [0.2, 0.25) is 0 Å². The first kappa shape index (κ1) is 25.0. The lowest BCUT2D eigenvalue weighted by atomic mass is 10.0. The van der Waals surface area contributed by atoms with Gasteiger partial charge in [0.25, 0.3) is 0 Å². The van der Waals surface area contributed by atoms with E-state index in [1.165, 1.54) is 141 Å².